The average molecular weight is 262 g/mol. The topological polar surface area (TPSA) is 64.3 Å². The van der Waals surface area contributed by atoms with Crippen molar-refractivity contribution in [2.45, 2.75) is 38.6 Å². The molecule has 0 spiro atoms. The highest BCUT2D eigenvalue weighted by atomic mass is 16.5. The van der Waals surface area contributed by atoms with Crippen molar-refractivity contribution in [3.8, 4) is 5.75 Å². The predicted molar refractivity (Wildman–Crippen MR) is 76.3 cm³/mol. The zero-order valence-electron chi connectivity index (χ0n) is 11.6. The summed E-state index contributed by atoms with van der Waals surface area (Å²) in [6, 6.07) is 5.92. The summed E-state index contributed by atoms with van der Waals surface area (Å²) < 4.78 is 5.25. The fourth-order valence-electron chi connectivity index (χ4n) is 2.68. The molecule has 1 aliphatic rings. The SMILES string of the molecule is COc1ccc(C)cc1NC(=O)C[C@@H]1CCC[C@H]1N. The molecule has 2 atom stereocenters. The fraction of sp³-hybridized carbons (Fsp3) is 0.533. The van der Waals surface area contributed by atoms with Gasteiger partial charge in [-0.25, -0.2) is 0 Å². The molecule has 1 saturated carbocycles. The molecule has 0 saturated heterocycles. The van der Waals surface area contributed by atoms with Gasteiger partial charge in [-0.05, 0) is 43.4 Å². The summed E-state index contributed by atoms with van der Waals surface area (Å²) in [5.41, 5.74) is 7.82. The maximum Gasteiger partial charge on any atom is 0.224 e. The van der Waals surface area contributed by atoms with Gasteiger partial charge in [0.1, 0.15) is 5.75 Å². The van der Waals surface area contributed by atoms with E-state index in [2.05, 4.69) is 5.32 Å². The van der Waals surface area contributed by atoms with Gasteiger partial charge in [0.2, 0.25) is 5.91 Å². The van der Waals surface area contributed by atoms with Gasteiger partial charge >= 0.3 is 0 Å². The first-order chi connectivity index (χ1) is 9.10. The molecule has 1 amide bonds. The molecule has 0 aliphatic heterocycles. The van der Waals surface area contributed by atoms with Gasteiger partial charge in [-0.3, -0.25) is 4.79 Å². The first-order valence-corrected chi connectivity index (χ1v) is 6.80. The minimum atomic E-state index is 0.0197. The number of aryl methyl sites for hydroxylation is 1. The molecular formula is C15H22N2O2. The van der Waals surface area contributed by atoms with Crippen molar-refractivity contribution in [3.05, 3.63) is 23.8 Å². The van der Waals surface area contributed by atoms with Crippen LogP contribution in [0.3, 0.4) is 0 Å². The summed E-state index contributed by atoms with van der Waals surface area (Å²) >= 11 is 0. The molecule has 1 aromatic rings. The average Bonchev–Trinajstić information content (AvgIpc) is 2.75. The molecule has 104 valence electrons. The Kier molecular flexibility index (Phi) is 4.43. The van der Waals surface area contributed by atoms with Crippen LogP contribution >= 0.6 is 0 Å². The summed E-state index contributed by atoms with van der Waals surface area (Å²) in [4.78, 5) is 12.1. The highest BCUT2D eigenvalue weighted by molar-refractivity contribution is 5.92. The van der Waals surface area contributed by atoms with Crippen LogP contribution in [0.15, 0.2) is 18.2 Å². The predicted octanol–water partition coefficient (Wildman–Crippen LogP) is 2.46. The number of hydrogen-bond donors (Lipinski definition) is 2. The molecule has 0 aromatic heterocycles. The van der Waals surface area contributed by atoms with E-state index in [0.29, 0.717) is 18.1 Å². The summed E-state index contributed by atoms with van der Waals surface area (Å²) in [7, 11) is 1.60. The van der Waals surface area contributed by atoms with Crippen LogP contribution in [-0.4, -0.2) is 19.1 Å². The first-order valence-electron chi connectivity index (χ1n) is 6.80. The lowest BCUT2D eigenvalue weighted by atomic mass is 10.00. The summed E-state index contributed by atoms with van der Waals surface area (Å²) in [5.74, 6) is 1.02. The zero-order chi connectivity index (χ0) is 13.8. The lowest BCUT2D eigenvalue weighted by molar-refractivity contribution is -0.117. The van der Waals surface area contributed by atoms with Crippen molar-refractivity contribution in [2.75, 3.05) is 12.4 Å². The normalized spacial score (nSPS) is 22.3. The molecule has 0 heterocycles. The molecule has 0 unspecified atom stereocenters. The van der Waals surface area contributed by atoms with Crippen LogP contribution in [0, 0.1) is 12.8 Å². The molecule has 19 heavy (non-hydrogen) atoms. The van der Waals surface area contributed by atoms with Gasteiger partial charge in [-0.2, -0.15) is 0 Å². The van der Waals surface area contributed by atoms with E-state index in [-0.39, 0.29) is 11.9 Å². The molecule has 4 heteroatoms. The van der Waals surface area contributed by atoms with Crippen LogP contribution in [0.2, 0.25) is 0 Å². The van der Waals surface area contributed by atoms with Gasteiger partial charge in [-0.15, -0.1) is 0 Å². The summed E-state index contributed by atoms with van der Waals surface area (Å²) in [5, 5.41) is 2.93. The number of benzene rings is 1. The molecule has 2 rings (SSSR count). The number of methoxy groups -OCH3 is 1. The minimum Gasteiger partial charge on any atom is -0.495 e. The zero-order valence-corrected chi connectivity index (χ0v) is 11.6. The number of ether oxygens (including phenoxy) is 1. The molecule has 4 nitrogen and oxygen atoms in total. The van der Waals surface area contributed by atoms with E-state index >= 15 is 0 Å². The maximum absolute atomic E-state index is 12.1. The summed E-state index contributed by atoms with van der Waals surface area (Å²) in [6.07, 6.45) is 3.72. The van der Waals surface area contributed by atoms with Crippen molar-refractivity contribution in [1.29, 1.82) is 0 Å². The molecule has 1 aromatic carbocycles. The molecule has 1 aliphatic carbocycles. The van der Waals surface area contributed by atoms with E-state index < -0.39 is 0 Å². The van der Waals surface area contributed by atoms with Gasteiger partial charge in [0.05, 0.1) is 12.8 Å². The Labute approximate surface area is 114 Å². The van der Waals surface area contributed by atoms with Gasteiger partial charge in [0, 0.05) is 12.5 Å². The molecule has 3 N–H and O–H groups in total. The van der Waals surface area contributed by atoms with E-state index in [0.717, 1.165) is 30.5 Å². The Morgan fingerprint density at radius 1 is 1.47 bits per heavy atom. The van der Waals surface area contributed by atoms with Crippen molar-refractivity contribution in [2.24, 2.45) is 11.7 Å². The van der Waals surface area contributed by atoms with Crippen molar-refractivity contribution in [1.82, 2.24) is 0 Å². The van der Waals surface area contributed by atoms with E-state index in [1.807, 2.05) is 25.1 Å². The van der Waals surface area contributed by atoms with Crippen LogP contribution in [-0.2, 0) is 4.79 Å². The van der Waals surface area contributed by atoms with Crippen molar-refractivity contribution >= 4 is 11.6 Å². The maximum atomic E-state index is 12.1. The molecular weight excluding hydrogens is 240 g/mol. The Hall–Kier alpha value is -1.55. The molecule has 1 fully saturated rings. The third-order valence-electron chi connectivity index (χ3n) is 3.79. The third kappa shape index (κ3) is 3.47. The van der Waals surface area contributed by atoms with Gasteiger partial charge in [-0.1, -0.05) is 12.5 Å². The Balaban J connectivity index is 2.00. The number of anilines is 1. The number of hydrogen-bond acceptors (Lipinski definition) is 3. The van der Waals surface area contributed by atoms with Crippen LogP contribution in [0.25, 0.3) is 0 Å². The second-order valence-electron chi connectivity index (χ2n) is 5.31. The van der Waals surface area contributed by atoms with Gasteiger partial charge in [0.15, 0.2) is 0 Å². The number of carbonyl (C=O) groups is 1. The number of rotatable bonds is 4. The van der Waals surface area contributed by atoms with Gasteiger partial charge in [0.25, 0.3) is 0 Å². The van der Waals surface area contributed by atoms with E-state index in [1.54, 1.807) is 7.11 Å². The highest BCUT2D eigenvalue weighted by Crippen LogP contribution is 2.29. The van der Waals surface area contributed by atoms with Crippen LogP contribution < -0.4 is 15.8 Å². The fourth-order valence-corrected chi connectivity index (χ4v) is 2.68. The number of nitrogens with one attached hydrogen (secondary N) is 1. The largest absolute Gasteiger partial charge is 0.495 e. The molecule has 0 radical (unpaired) electrons. The lowest BCUT2D eigenvalue weighted by Crippen LogP contribution is -2.28. The second-order valence-corrected chi connectivity index (χ2v) is 5.31. The van der Waals surface area contributed by atoms with Crippen molar-refractivity contribution in [3.63, 3.8) is 0 Å². The Morgan fingerprint density at radius 2 is 2.26 bits per heavy atom. The quantitative estimate of drug-likeness (QED) is 0.876. The van der Waals surface area contributed by atoms with E-state index in [1.165, 1.54) is 0 Å². The van der Waals surface area contributed by atoms with Crippen molar-refractivity contribution < 1.29 is 9.53 Å². The van der Waals surface area contributed by atoms with E-state index in [4.69, 9.17) is 10.5 Å². The smallest absolute Gasteiger partial charge is 0.224 e. The van der Waals surface area contributed by atoms with Gasteiger partial charge < -0.3 is 15.8 Å². The number of amides is 1. The third-order valence-corrected chi connectivity index (χ3v) is 3.79. The number of carbonyl (C=O) groups excluding carboxylic acids is 1. The standard InChI is InChI=1S/C15H22N2O2/c1-10-6-7-14(19-2)13(8-10)17-15(18)9-11-4-3-5-12(11)16/h6-8,11-12H,3-5,9,16H2,1-2H3,(H,17,18)/t11-,12+/m0/s1. The van der Waals surface area contributed by atoms with E-state index in [9.17, 15) is 4.79 Å². The Morgan fingerprint density at radius 3 is 2.89 bits per heavy atom. The first kappa shape index (κ1) is 13.9. The second kappa shape index (κ2) is 6.06. The Bertz CT molecular complexity index is 459. The summed E-state index contributed by atoms with van der Waals surface area (Å²) in [6.45, 7) is 1.99. The lowest BCUT2D eigenvalue weighted by Gasteiger charge is -2.16. The molecule has 0 bridgehead atoms. The number of nitrogens with two attached hydrogens (primary N) is 1. The van der Waals surface area contributed by atoms with Crippen LogP contribution in [0.1, 0.15) is 31.2 Å². The van der Waals surface area contributed by atoms with Crippen LogP contribution in [0.4, 0.5) is 5.69 Å². The minimum absolute atomic E-state index is 0.0197. The monoisotopic (exact) mass is 262 g/mol. The van der Waals surface area contributed by atoms with Crippen LogP contribution in [0.5, 0.6) is 5.75 Å². The highest BCUT2D eigenvalue weighted by Gasteiger charge is 2.26.